The molecule has 2 aliphatic rings. The van der Waals surface area contributed by atoms with Crippen molar-refractivity contribution in [3.63, 3.8) is 0 Å². The van der Waals surface area contributed by atoms with Crippen molar-refractivity contribution in [3.8, 4) is 28.7 Å². The summed E-state index contributed by atoms with van der Waals surface area (Å²) >= 11 is 6.71. The second-order valence-corrected chi connectivity index (χ2v) is 29.5. The molecule has 1 saturated carbocycles. The summed E-state index contributed by atoms with van der Waals surface area (Å²) in [5.41, 5.74) is -9.35. The van der Waals surface area contributed by atoms with Crippen molar-refractivity contribution in [2.45, 2.75) is 132 Å². The van der Waals surface area contributed by atoms with Gasteiger partial charge in [-0.25, -0.2) is 40.0 Å². The van der Waals surface area contributed by atoms with Gasteiger partial charge in [0.15, 0.2) is 15.5 Å². The maximum Gasteiger partial charge on any atom is 0.524 e. The van der Waals surface area contributed by atoms with E-state index in [-0.39, 0.29) is 49.3 Å². The number of alkyl halides is 8. The van der Waals surface area contributed by atoms with Crippen LogP contribution in [0.25, 0.3) is 22.0 Å². The first-order valence-corrected chi connectivity index (χ1v) is 33.0. The first kappa shape index (κ1) is 71.7. The van der Waals surface area contributed by atoms with Crippen molar-refractivity contribution < 1.29 is 114 Å². The summed E-state index contributed by atoms with van der Waals surface area (Å²) in [6.07, 6.45) is -13.7. The number of hydrogen-bond donors (Lipinski definition) is 7. The number of sulfonamides is 1. The van der Waals surface area contributed by atoms with Crippen molar-refractivity contribution >= 4 is 79.8 Å². The zero-order valence-corrected chi connectivity index (χ0v) is 52.9. The number of aromatic nitrogens is 5. The number of carbonyl (C=O) groups excluding carboxylic acids is 3. The molecule has 0 bridgehead atoms. The standard InChI is InChI=1S/C57H54ClF10N8O15PS2/c1-26-13-28(18-41(77)71-38(52(82)83)21-44(80)81)47(40(14-26)91-92(84,85)86)53(2,3)22-42(78)74-94(89,90)24-39-46-36(58)10-9-33(49(46)76(72-39)25-55(61,62)63)32-8-7-31(11-12-54(4,5)93(6,87)88)69-48(32)37(17-27-15-29(59)19-30(60)16-27)70-43(79)23-75-51-45(50(73-75)57(66,67)68)34-20-35(34)56(51,64)65/h7-10,13-16,19,34-35,37-38H,17-18,20-25H2,1-6H3,(H,70,79)(H,71,77)(H,74,78)(H,80,81)(H,82,83)(H2,84,85,86)/t34-,35+,37-,38-/m0/s1. The van der Waals surface area contributed by atoms with E-state index in [0.717, 1.165) is 48.7 Å². The van der Waals surface area contributed by atoms with Gasteiger partial charge in [0.1, 0.15) is 58.4 Å². The SMILES string of the molecule is Cc1cc(CC(=O)N[C@@H](CC(=O)O)C(=O)O)c(C(C)(C)CC(=O)NS(=O)(=O)Cc2nn(CC(F)(F)F)c3c(-c4ccc(C#CC(C)(C)S(C)(=O)=O)nc4[C@H](Cc4cc(F)cc(F)c4)NC(=O)Cn4nc(C(F)(F)F)c5c4C(F)(F)[C@@H]4C[C@H]54)ccc(Cl)c23)c(OP(=O)(O)O)c1. The average molecular weight is 1410 g/mol. The molecule has 94 heavy (non-hydrogen) atoms. The summed E-state index contributed by atoms with van der Waals surface area (Å²) in [6.45, 7) is 2.82. The Morgan fingerprint density at radius 1 is 0.872 bits per heavy atom. The van der Waals surface area contributed by atoms with Crippen molar-refractivity contribution in [1.82, 2.24) is 39.9 Å². The first-order chi connectivity index (χ1) is 43.0. The van der Waals surface area contributed by atoms with Crippen molar-refractivity contribution in [1.29, 1.82) is 0 Å². The molecular formula is C57H54ClF10N8O15PS2. The van der Waals surface area contributed by atoms with Crippen LogP contribution < -0.4 is 19.9 Å². The highest BCUT2D eigenvalue weighted by Gasteiger charge is 2.68. The Morgan fingerprint density at radius 3 is 2.10 bits per heavy atom. The monoisotopic (exact) mass is 1410 g/mol. The Balaban J connectivity index is 1.23. The van der Waals surface area contributed by atoms with Gasteiger partial charge in [-0.3, -0.25) is 43.1 Å². The second kappa shape index (κ2) is 25.5. The number of aryl methyl sites for hydroxylation is 1. The molecule has 0 radical (unpaired) electrons. The Morgan fingerprint density at radius 2 is 1.51 bits per heavy atom. The van der Waals surface area contributed by atoms with E-state index < -0.39 is 221 Å². The van der Waals surface area contributed by atoms with E-state index in [4.69, 9.17) is 16.1 Å². The molecular weight excluding hydrogens is 1360 g/mol. The summed E-state index contributed by atoms with van der Waals surface area (Å²) in [4.78, 5) is 88.9. The molecule has 23 nitrogen and oxygen atoms in total. The number of sulfone groups is 1. The number of pyridine rings is 1. The molecule has 3 heterocycles. The Kier molecular flexibility index (Phi) is 19.5. The molecule has 0 spiro atoms. The lowest BCUT2D eigenvalue weighted by atomic mass is 9.77. The maximum absolute atomic E-state index is 15.7. The minimum absolute atomic E-state index is 0.152. The van der Waals surface area contributed by atoms with Gasteiger partial charge >= 0.3 is 32.1 Å². The van der Waals surface area contributed by atoms with Crippen molar-refractivity contribution in [3.05, 3.63) is 128 Å². The van der Waals surface area contributed by atoms with Gasteiger partial charge in [0.25, 0.3) is 5.92 Å². The smallest absolute Gasteiger partial charge is 0.481 e. The molecule has 3 aromatic heterocycles. The van der Waals surface area contributed by atoms with Gasteiger partial charge in [-0.2, -0.15) is 45.3 Å². The molecule has 37 heteroatoms. The number of phosphoric acid groups is 1. The molecule has 4 atom stereocenters. The van der Waals surface area contributed by atoms with E-state index in [1.807, 2.05) is 5.32 Å². The number of benzene rings is 3. The fourth-order valence-corrected chi connectivity index (χ4v) is 13.0. The maximum atomic E-state index is 15.7. The number of nitrogens with zero attached hydrogens (tertiary/aromatic N) is 5. The molecule has 6 aromatic rings. The number of carboxylic acid groups (broad SMARTS) is 2. The summed E-state index contributed by atoms with van der Waals surface area (Å²) < 4.78 is 220. The molecule has 1 fully saturated rings. The van der Waals surface area contributed by atoms with Crippen LogP contribution in [0, 0.1) is 36.3 Å². The molecule has 3 amide bonds. The summed E-state index contributed by atoms with van der Waals surface area (Å²) in [5, 5.41) is 29.4. The molecule has 2 aliphatic carbocycles. The number of amides is 3. The number of aliphatic carboxylic acids is 2. The van der Waals surface area contributed by atoms with Crippen LogP contribution in [0.2, 0.25) is 5.02 Å². The molecule has 3 aromatic carbocycles. The average Bonchev–Trinajstić information content (AvgIpc) is 1.52. The van der Waals surface area contributed by atoms with E-state index in [0.29, 0.717) is 6.07 Å². The Hall–Kier alpha value is -8.16. The van der Waals surface area contributed by atoms with Gasteiger partial charge in [0, 0.05) is 57.7 Å². The molecule has 7 N–H and O–H groups in total. The van der Waals surface area contributed by atoms with E-state index in [9.17, 15) is 100 Å². The number of rotatable bonds is 23. The first-order valence-electron chi connectivity index (χ1n) is 27.5. The predicted molar refractivity (Wildman–Crippen MR) is 311 cm³/mol. The van der Waals surface area contributed by atoms with Gasteiger partial charge < -0.3 is 25.4 Å². The summed E-state index contributed by atoms with van der Waals surface area (Å²) in [7, 11) is -14.7. The van der Waals surface area contributed by atoms with Gasteiger partial charge in [0.2, 0.25) is 27.7 Å². The number of hydrogen-bond acceptors (Lipinski definition) is 14. The molecule has 8 rings (SSSR count). The number of carboxylic acids is 2. The zero-order valence-electron chi connectivity index (χ0n) is 49.6. The van der Waals surface area contributed by atoms with Crippen molar-refractivity contribution in [2.24, 2.45) is 5.92 Å². The Labute approximate surface area is 531 Å². The lowest BCUT2D eigenvalue weighted by Gasteiger charge is -2.30. The minimum Gasteiger partial charge on any atom is -0.481 e. The number of phosphoric ester groups is 1. The van der Waals surface area contributed by atoms with Gasteiger partial charge in [-0.05, 0) is 98.5 Å². The van der Waals surface area contributed by atoms with Crippen LogP contribution in [0.3, 0.4) is 0 Å². The molecule has 506 valence electrons. The second-order valence-electron chi connectivity index (χ2n) is 23.6. The highest BCUT2D eigenvalue weighted by molar-refractivity contribution is 7.92. The summed E-state index contributed by atoms with van der Waals surface area (Å²) in [6, 6.07) is 4.76. The van der Waals surface area contributed by atoms with Crippen molar-refractivity contribution in [2.75, 3.05) is 6.26 Å². The van der Waals surface area contributed by atoms with E-state index in [1.54, 1.807) is 4.72 Å². The van der Waals surface area contributed by atoms with E-state index in [1.165, 1.54) is 40.7 Å². The largest absolute Gasteiger partial charge is 0.524 e. The highest BCUT2D eigenvalue weighted by atomic mass is 35.5. The van der Waals surface area contributed by atoms with Crippen LogP contribution in [0.5, 0.6) is 5.75 Å². The van der Waals surface area contributed by atoms with Crippen LogP contribution in [0.15, 0.2) is 54.6 Å². The lowest BCUT2D eigenvalue weighted by Crippen LogP contribution is -2.43. The summed E-state index contributed by atoms with van der Waals surface area (Å²) in [5.74, 6) is -13.5. The van der Waals surface area contributed by atoms with Crippen LogP contribution in [-0.2, 0) is 97.6 Å². The fraction of sp³-hybridized carbons (Fsp3) is 0.404. The third-order valence-electron chi connectivity index (χ3n) is 15.2. The van der Waals surface area contributed by atoms with Crippen LogP contribution in [-0.4, -0.2) is 114 Å². The molecule has 0 aliphatic heterocycles. The molecule has 0 saturated heterocycles. The normalized spacial score (nSPS) is 16.3. The van der Waals surface area contributed by atoms with Gasteiger partial charge in [-0.1, -0.05) is 43.5 Å². The third kappa shape index (κ3) is 16.3. The third-order valence-corrected chi connectivity index (χ3v) is 19.1. The van der Waals surface area contributed by atoms with Crippen LogP contribution in [0.1, 0.15) is 115 Å². The zero-order chi connectivity index (χ0) is 70.1. The van der Waals surface area contributed by atoms with Crippen LogP contribution in [0.4, 0.5) is 43.9 Å². The van der Waals surface area contributed by atoms with Crippen LogP contribution >= 0.6 is 19.4 Å². The number of carbonyl (C=O) groups is 5. The predicted octanol–water partition coefficient (Wildman–Crippen LogP) is 7.97. The number of nitrogens with one attached hydrogen (secondary N) is 3. The number of halogens is 11. The fourth-order valence-electron chi connectivity index (χ4n) is 11.1. The van der Waals surface area contributed by atoms with Gasteiger partial charge in [-0.15, -0.1) is 0 Å². The quantitative estimate of drug-likeness (QED) is 0.0182. The minimum atomic E-state index is -5.50. The molecule has 0 unspecified atom stereocenters. The van der Waals surface area contributed by atoms with E-state index in [2.05, 4.69) is 32.3 Å². The number of fused-ring (bicyclic) bond motifs is 4. The topological polar surface area (TPSA) is 345 Å². The Bertz CT molecular complexity index is 4470. The van der Waals surface area contributed by atoms with Gasteiger partial charge in [0.05, 0.1) is 40.8 Å². The lowest BCUT2D eigenvalue weighted by molar-refractivity contribution is -0.147. The van der Waals surface area contributed by atoms with E-state index >= 15 is 8.78 Å². The highest BCUT2D eigenvalue weighted by Crippen LogP contribution is 2.68.